The van der Waals surface area contributed by atoms with Crippen LogP contribution in [0.4, 0.5) is 4.39 Å². The minimum atomic E-state index is -0.479. The first-order valence-electron chi connectivity index (χ1n) is 8.74. The summed E-state index contributed by atoms with van der Waals surface area (Å²) >= 11 is 0. The highest BCUT2D eigenvalue weighted by atomic mass is 19.1. The molecule has 1 unspecified atom stereocenters. The predicted octanol–water partition coefficient (Wildman–Crippen LogP) is 2.82. The maximum atomic E-state index is 14.0. The Kier molecular flexibility index (Phi) is 4.29. The van der Waals surface area contributed by atoms with E-state index in [1.165, 1.54) is 18.9 Å². The van der Waals surface area contributed by atoms with Gasteiger partial charge in [-0.05, 0) is 30.9 Å². The van der Waals surface area contributed by atoms with Crippen LogP contribution in [0.5, 0.6) is 0 Å². The Hall–Kier alpha value is -2.21. The molecule has 1 amide bonds. The Balaban J connectivity index is 1.63. The van der Waals surface area contributed by atoms with Gasteiger partial charge in [-0.2, -0.15) is 5.10 Å². The first-order chi connectivity index (χ1) is 12.2. The second-order valence-electron chi connectivity index (χ2n) is 6.99. The van der Waals surface area contributed by atoms with Gasteiger partial charge >= 0.3 is 0 Å². The molecule has 6 heteroatoms. The zero-order valence-corrected chi connectivity index (χ0v) is 14.3. The van der Waals surface area contributed by atoms with Gasteiger partial charge in [0, 0.05) is 31.7 Å². The molecule has 2 aliphatic rings. The van der Waals surface area contributed by atoms with E-state index in [1.54, 1.807) is 30.2 Å². The van der Waals surface area contributed by atoms with Crippen LogP contribution in [0.15, 0.2) is 30.5 Å². The van der Waals surface area contributed by atoms with Crippen molar-refractivity contribution in [2.45, 2.75) is 31.8 Å². The number of aromatic nitrogens is 2. The summed E-state index contributed by atoms with van der Waals surface area (Å²) in [4.78, 5) is 14.6. The number of fused-ring (bicyclic) bond motifs is 1. The van der Waals surface area contributed by atoms with E-state index in [1.807, 2.05) is 10.9 Å². The second-order valence-corrected chi connectivity index (χ2v) is 6.99. The number of methoxy groups -OCH3 is 1. The lowest BCUT2D eigenvalue weighted by Gasteiger charge is -2.33. The summed E-state index contributed by atoms with van der Waals surface area (Å²) in [5.41, 5.74) is 2.33. The van der Waals surface area contributed by atoms with Gasteiger partial charge in [0.05, 0.1) is 30.6 Å². The number of amides is 1. The highest BCUT2D eigenvalue weighted by Crippen LogP contribution is 2.34. The van der Waals surface area contributed by atoms with Gasteiger partial charge in [0.2, 0.25) is 0 Å². The lowest BCUT2D eigenvalue weighted by molar-refractivity contribution is 0.0669. The molecule has 0 N–H and O–H groups in total. The van der Waals surface area contributed by atoms with Crippen LogP contribution < -0.4 is 0 Å². The van der Waals surface area contributed by atoms with E-state index >= 15 is 0 Å². The average molecular weight is 343 g/mol. The number of hydrogen-bond acceptors (Lipinski definition) is 3. The molecular formula is C19H22FN3O2. The smallest absolute Gasteiger partial charge is 0.257 e. The average Bonchev–Trinajstić information content (AvgIpc) is 3.34. The highest BCUT2D eigenvalue weighted by molar-refractivity contribution is 5.94. The van der Waals surface area contributed by atoms with Gasteiger partial charge in [-0.3, -0.25) is 9.48 Å². The Morgan fingerprint density at radius 1 is 1.36 bits per heavy atom. The second kappa shape index (κ2) is 6.59. The molecule has 2 aromatic rings. The van der Waals surface area contributed by atoms with E-state index in [9.17, 15) is 9.18 Å². The van der Waals surface area contributed by atoms with E-state index in [4.69, 9.17) is 4.74 Å². The van der Waals surface area contributed by atoms with Gasteiger partial charge in [-0.25, -0.2) is 4.39 Å². The van der Waals surface area contributed by atoms with Crippen LogP contribution in [-0.4, -0.2) is 40.8 Å². The standard InChI is InChI=1S/C19H22FN3O2/c1-25-12-14-10-22(19(24)15-4-2-3-5-17(15)20)11-18-16(14)8-21-23(18)9-13-6-7-13/h2-5,8,13-14H,6-7,9-12H2,1H3. The number of rotatable bonds is 5. The molecule has 1 aliphatic heterocycles. The number of ether oxygens (including phenoxy) is 1. The van der Waals surface area contributed by atoms with Gasteiger partial charge in [-0.1, -0.05) is 12.1 Å². The fraction of sp³-hybridized carbons (Fsp3) is 0.474. The molecule has 1 aliphatic carbocycles. The fourth-order valence-corrected chi connectivity index (χ4v) is 3.55. The Labute approximate surface area is 146 Å². The molecule has 0 spiro atoms. The molecule has 5 nitrogen and oxygen atoms in total. The topological polar surface area (TPSA) is 47.4 Å². The van der Waals surface area contributed by atoms with Crippen molar-refractivity contribution in [3.05, 3.63) is 53.1 Å². The maximum Gasteiger partial charge on any atom is 0.257 e. The fourth-order valence-electron chi connectivity index (χ4n) is 3.55. The van der Waals surface area contributed by atoms with Gasteiger partial charge in [0.1, 0.15) is 5.82 Å². The quantitative estimate of drug-likeness (QED) is 0.839. The van der Waals surface area contributed by atoms with Crippen molar-refractivity contribution in [2.75, 3.05) is 20.3 Å². The van der Waals surface area contributed by atoms with Crippen molar-refractivity contribution in [3.8, 4) is 0 Å². The van der Waals surface area contributed by atoms with Crippen molar-refractivity contribution in [3.63, 3.8) is 0 Å². The highest BCUT2D eigenvalue weighted by Gasteiger charge is 2.33. The lowest BCUT2D eigenvalue weighted by atomic mass is 9.95. The maximum absolute atomic E-state index is 14.0. The number of benzene rings is 1. The molecule has 132 valence electrons. The first kappa shape index (κ1) is 16.3. The third-order valence-electron chi connectivity index (χ3n) is 5.09. The Morgan fingerprint density at radius 3 is 2.88 bits per heavy atom. The zero-order chi connectivity index (χ0) is 17.4. The molecule has 1 aromatic heterocycles. The van der Waals surface area contributed by atoms with E-state index in [0.717, 1.165) is 17.8 Å². The summed E-state index contributed by atoms with van der Waals surface area (Å²) in [6.07, 6.45) is 4.40. The molecular weight excluding hydrogens is 321 g/mol. The van der Waals surface area contributed by atoms with E-state index < -0.39 is 5.82 Å². The number of carbonyl (C=O) groups is 1. The van der Waals surface area contributed by atoms with Gasteiger partial charge in [-0.15, -0.1) is 0 Å². The van der Waals surface area contributed by atoms with Crippen LogP contribution in [0, 0.1) is 11.7 Å². The molecule has 1 atom stereocenters. The van der Waals surface area contributed by atoms with Crippen molar-refractivity contribution in [2.24, 2.45) is 5.92 Å². The SMILES string of the molecule is COCC1CN(C(=O)c2ccccc2F)Cc2c1cnn2CC1CC1. The third-order valence-corrected chi connectivity index (χ3v) is 5.09. The van der Waals surface area contributed by atoms with E-state index in [-0.39, 0.29) is 17.4 Å². The lowest BCUT2D eigenvalue weighted by Crippen LogP contribution is -2.40. The number of hydrogen-bond donors (Lipinski definition) is 0. The number of halogens is 1. The molecule has 2 heterocycles. The van der Waals surface area contributed by atoms with Crippen LogP contribution in [0.25, 0.3) is 0 Å². The summed E-state index contributed by atoms with van der Waals surface area (Å²) in [6.45, 7) is 2.40. The third kappa shape index (κ3) is 3.18. The molecule has 1 saturated carbocycles. The molecule has 0 radical (unpaired) electrons. The van der Waals surface area contributed by atoms with Gasteiger partial charge < -0.3 is 9.64 Å². The summed E-state index contributed by atoms with van der Waals surface area (Å²) in [5.74, 6) is 0.0112. The minimum Gasteiger partial charge on any atom is -0.384 e. The molecule has 1 fully saturated rings. The molecule has 25 heavy (non-hydrogen) atoms. The normalized spacial score (nSPS) is 19.8. The van der Waals surface area contributed by atoms with Crippen molar-refractivity contribution >= 4 is 5.91 Å². The summed E-state index contributed by atoms with van der Waals surface area (Å²) in [6, 6.07) is 6.15. The van der Waals surface area contributed by atoms with Gasteiger partial charge in [0.25, 0.3) is 5.91 Å². The largest absolute Gasteiger partial charge is 0.384 e. The van der Waals surface area contributed by atoms with Crippen LogP contribution in [0.2, 0.25) is 0 Å². The van der Waals surface area contributed by atoms with Crippen LogP contribution in [0.3, 0.4) is 0 Å². The number of carbonyl (C=O) groups excluding carboxylic acids is 1. The first-order valence-corrected chi connectivity index (χ1v) is 8.74. The summed E-state index contributed by atoms with van der Waals surface area (Å²) in [5, 5.41) is 4.54. The van der Waals surface area contributed by atoms with Crippen LogP contribution >= 0.6 is 0 Å². The predicted molar refractivity (Wildman–Crippen MR) is 90.7 cm³/mol. The van der Waals surface area contributed by atoms with Gasteiger partial charge in [0.15, 0.2) is 0 Å². The summed E-state index contributed by atoms with van der Waals surface area (Å²) in [7, 11) is 1.66. The molecule has 1 aromatic carbocycles. The molecule has 0 saturated heterocycles. The monoisotopic (exact) mass is 343 g/mol. The summed E-state index contributed by atoms with van der Waals surface area (Å²) < 4.78 is 21.4. The Morgan fingerprint density at radius 2 is 2.16 bits per heavy atom. The van der Waals surface area contributed by atoms with Crippen molar-refractivity contribution < 1.29 is 13.9 Å². The minimum absolute atomic E-state index is 0.0671. The molecule has 4 rings (SSSR count). The van der Waals surface area contributed by atoms with Crippen molar-refractivity contribution in [1.29, 1.82) is 0 Å². The van der Waals surface area contributed by atoms with E-state index in [2.05, 4.69) is 5.10 Å². The van der Waals surface area contributed by atoms with Crippen molar-refractivity contribution in [1.82, 2.24) is 14.7 Å². The van der Waals surface area contributed by atoms with Crippen LogP contribution in [-0.2, 0) is 17.8 Å². The zero-order valence-electron chi connectivity index (χ0n) is 14.3. The van der Waals surface area contributed by atoms with Crippen LogP contribution in [0.1, 0.15) is 40.4 Å². The number of nitrogens with zero attached hydrogens (tertiary/aromatic N) is 3. The molecule has 0 bridgehead atoms. The Bertz CT molecular complexity index is 785. The van der Waals surface area contributed by atoms with E-state index in [0.29, 0.717) is 25.6 Å².